The number of nitrogens with one attached hydrogen (secondary N) is 1. The van der Waals surface area contributed by atoms with Crippen molar-refractivity contribution in [1.29, 1.82) is 0 Å². The van der Waals surface area contributed by atoms with Gasteiger partial charge in [0.25, 0.3) is 0 Å². The largest absolute Gasteiger partial charge is 0.493 e. The highest BCUT2D eigenvalue weighted by atomic mass is 19.2. The number of hydrogen-bond donors (Lipinski definition) is 1. The Balaban J connectivity index is 1.38. The maximum atomic E-state index is 15.1. The number of pyridine rings is 1. The molecule has 4 aromatic rings. The predicted molar refractivity (Wildman–Crippen MR) is 145 cm³/mol. The summed E-state index contributed by atoms with van der Waals surface area (Å²) in [6, 6.07) is 10.7. The molecule has 0 aliphatic carbocycles. The van der Waals surface area contributed by atoms with Crippen LogP contribution in [0.5, 0.6) is 23.0 Å². The summed E-state index contributed by atoms with van der Waals surface area (Å²) in [5.41, 5.74) is -0.0455. The summed E-state index contributed by atoms with van der Waals surface area (Å²) in [6.45, 7) is -0.310. The molecule has 1 unspecified atom stereocenters. The van der Waals surface area contributed by atoms with Gasteiger partial charge in [-0.15, -0.1) is 0 Å². The fourth-order valence-electron chi connectivity index (χ4n) is 4.46. The third kappa shape index (κ3) is 5.11. The Bertz CT molecular complexity index is 1720. The minimum absolute atomic E-state index is 0.0502. The molecule has 0 spiro atoms. The fourth-order valence-corrected chi connectivity index (χ4v) is 4.46. The van der Waals surface area contributed by atoms with Crippen LogP contribution in [0.3, 0.4) is 0 Å². The summed E-state index contributed by atoms with van der Waals surface area (Å²) < 4.78 is 59.9. The first kappa shape index (κ1) is 28.2. The van der Waals surface area contributed by atoms with E-state index in [-0.39, 0.29) is 18.0 Å². The van der Waals surface area contributed by atoms with Gasteiger partial charge in [0, 0.05) is 31.2 Å². The van der Waals surface area contributed by atoms with Crippen LogP contribution < -0.4 is 24.4 Å². The van der Waals surface area contributed by atoms with Gasteiger partial charge in [0.2, 0.25) is 17.6 Å². The van der Waals surface area contributed by atoms with Gasteiger partial charge >= 0.3 is 6.03 Å². The van der Waals surface area contributed by atoms with Gasteiger partial charge in [0.15, 0.2) is 23.1 Å². The third-order valence-corrected chi connectivity index (χ3v) is 6.63. The van der Waals surface area contributed by atoms with E-state index in [0.29, 0.717) is 22.4 Å². The van der Waals surface area contributed by atoms with Gasteiger partial charge in [-0.2, -0.15) is 4.39 Å². The topological polar surface area (TPSA) is 110 Å². The number of imide groups is 1. The Hall–Kier alpha value is -5.33. The van der Waals surface area contributed by atoms with Crippen molar-refractivity contribution in [1.82, 2.24) is 9.88 Å². The summed E-state index contributed by atoms with van der Waals surface area (Å²) in [4.78, 5) is 44.9. The molecule has 10 nitrogen and oxygen atoms in total. The minimum Gasteiger partial charge on any atom is -0.493 e. The van der Waals surface area contributed by atoms with Crippen LogP contribution in [-0.2, 0) is 9.59 Å². The summed E-state index contributed by atoms with van der Waals surface area (Å²) >= 11 is 0. The Labute approximate surface area is 237 Å². The number of carbonyl (C=O) groups excluding carboxylic acids is 3. The lowest BCUT2D eigenvalue weighted by molar-refractivity contribution is -0.131. The SMILES string of the molecule is COc1cc2nccc(Oc3ccc(NC(=O)C4CN(C)C(=O)N(c5ccc(F)cc5)C4=O)c(F)c3F)c2cc1OC. The number of aromatic nitrogens is 1. The highest BCUT2D eigenvalue weighted by Gasteiger charge is 2.42. The molecule has 3 aromatic carbocycles. The van der Waals surface area contributed by atoms with Crippen LogP contribution in [0.1, 0.15) is 0 Å². The van der Waals surface area contributed by atoms with Crippen molar-refractivity contribution in [3.05, 3.63) is 78.2 Å². The molecule has 1 aliphatic rings. The first-order valence-corrected chi connectivity index (χ1v) is 12.4. The molecule has 1 fully saturated rings. The standard InChI is InChI=1S/C29H23F3N4O6/c1-35-14-18(28(38)36(29(35)39)16-6-4-15(30)5-7-16)27(37)34-19-8-9-22(26(32)25(19)31)42-21-10-11-33-20-13-24(41-3)23(40-2)12-17(20)21/h4-13,18H,14H2,1-3H3,(H,34,37). The van der Waals surface area contributed by atoms with Crippen molar-refractivity contribution in [3.8, 4) is 23.0 Å². The van der Waals surface area contributed by atoms with Crippen LogP contribution in [0.2, 0.25) is 0 Å². The van der Waals surface area contributed by atoms with Crippen LogP contribution in [0.15, 0.2) is 60.8 Å². The van der Waals surface area contributed by atoms with Crippen molar-refractivity contribution in [2.75, 3.05) is 38.0 Å². The summed E-state index contributed by atoms with van der Waals surface area (Å²) in [6.07, 6.45) is 1.42. The molecule has 1 saturated heterocycles. The Kier molecular flexibility index (Phi) is 7.57. The van der Waals surface area contributed by atoms with Crippen molar-refractivity contribution < 1.29 is 41.8 Å². The molecule has 42 heavy (non-hydrogen) atoms. The maximum Gasteiger partial charge on any atom is 0.331 e. The first-order chi connectivity index (χ1) is 20.1. The van der Waals surface area contributed by atoms with E-state index in [4.69, 9.17) is 14.2 Å². The number of hydrogen-bond acceptors (Lipinski definition) is 7. The molecule has 0 bridgehead atoms. The number of nitrogens with zero attached hydrogens (tertiary/aromatic N) is 3. The van der Waals surface area contributed by atoms with E-state index in [1.807, 2.05) is 0 Å². The average Bonchev–Trinajstić information content (AvgIpc) is 2.99. The number of methoxy groups -OCH3 is 2. The maximum absolute atomic E-state index is 15.1. The second-order valence-electron chi connectivity index (χ2n) is 9.23. The number of amides is 4. The number of benzene rings is 3. The molecule has 1 atom stereocenters. The van der Waals surface area contributed by atoms with E-state index < -0.39 is 52.7 Å². The van der Waals surface area contributed by atoms with Crippen molar-refractivity contribution in [3.63, 3.8) is 0 Å². The molecule has 5 rings (SSSR count). The molecule has 4 amide bonds. The fraction of sp³-hybridized carbons (Fsp3) is 0.172. The predicted octanol–water partition coefficient (Wildman–Crippen LogP) is 5.11. The van der Waals surface area contributed by atoms with Gasteiger partial charge in [-0.3, -0.25) is 14.6 Å². The molecule has 0 saturated carbocycles. The van der Waals surface area contributed by atoms with Crippen LogP contribution >= 0.6 is 0 Å². The number of fused-ring (bicyclic) bond motifs is 1. The second-order valence-corrected chi connectivity index (χ2v) is 9.23. The van der Waals surface area contributed by atoms with Crippen LogP contribution in [-0.4, -0.2) is 55.5 Å². The highest BCUT2D eigenvalue weighted by molar-refractivity contribution is 6.23. The van der Waals surface area contributed by atoms with Gasteiger partial charge < -0.3 is 24.4 Å². The van der Waals surface area contributed by atoms with Gasteiger partial charge in [0.1, 0.15) is 17.5 Å². The van der Waals surface area contributed by atoms with E-state index >= 15 is 8.78 Å². The lowest BCUT2D eigenvalue weighted by Crippen LogP contribution is -2.58. The van der Waals surface area contributed by atoms with E-state index in [1.54, 1.807) is 12.1 Å². The zero-order valence-electron chi connectivity index (χ0n) is 22.5. The molecule has 13 heteroatoms. The molecular weight excluding hydrogens is 557 g/mol. The van der Waals surface area contributed by atoms with E-state index in [1.165, 1.54) is 45.7 Å². The average molecular weight is 581 g/mol. The van der Waals surface area contributed by atoms with Crippen LogP contribution in [0.4, 0.5) is 29.3 Å². The second kappa shape index (κ2) is 11.3. The lowest BCUT2D eigenvalue weighted by atomic mass is 10.0. The molecule has 1 aliphatic heterocycles. The Morgan fingerprint density at radius 1 is 0.905 bits per heavy atom. The van der Waals surface area contributed by atoms with Crippen LogP contribution in [0.25, 0.3) is 10.9 Å². The summed E-state index contributed by atoms with van der Waals surface area (Å²) in [7, 11) is 4.28. The summed E-state index contributed by atoms with van der Waals surface area (Å²) in [5.74, 6) is -6.28. The smallest absolute Gasteiger partial charge is 0.331 e. The number of halogens is 3. The summed E-state index contributed by atoms with van der Waals surface area (Å²) in [5, 5.41) is 2.66. The Morgan fingerprint density at radius 2 is 1.60 bits per heavy atom. The molecule has 216 valence electrons. The van der Waals surface area contributed by atoms with Gasteiger partial charge in [-0.05, 0) is 48.5 Å². The van der Waals surface area contributed by atoms with Crippen LogP contribution in [0, 0.1) is 23.4 Å². The molecule has 1 N–H and O–H groups in total. The van der Waals surface area contributed by atoms with Crippen molar-refractivity contribution >= 4 is 40.1 Å². The molecule has 1 aromatic heterocycles. The highest BCUT2D eigenvalue weighted by Crippen LogP contribution is 2.38. The van der Waals surface area contributed by atoms with E-state index in [9.17, 15) is 18.8 Å². The quantitative estimate of drug-likeness (QED) is 0.303. The van der Waals surface area contributed by atoms with Crippen molar-refractivity contribution in [2.45, 2.75) is 0 Å². The number of urea groups is 1. The minimum atomic E-state index is -1.45. The van der Waals surface area contributed by atoms with E-state index in [2.05, 4.69) is 10.3 Å². The number of ether oxygens (including phenoxy) is 3. The zero-order valence-corrected chi connectivity index (χ0v) is 22.5. The molecular formula is C29H23F3N4O6. The monoisotopic (exact) mass is 580 g/mol. The van der Waals surface area contributed by atoms with Gasteiger partial charge in [-0.25, -0.2) is 18.5 Å². The molecule has 0 radical (unpaired) electrons. The first-order valence-electron chi connectivity index (χ1n) is 12.4. The number of carbonyl (C=O) groups is 3. The Morgan fingerprint density at radius 3 is 2.29 bits per heavy atom. The zero-order chi connectivity index (χ0) is 30.1. The van der Waals surface area contributed by atoms with Gasteiger partial charge in [-0.1, -0.05) is 0 Å². The molecule has 2 heterocycles. The number of rotatable bonds is 7. The number of anilines is 2. The van der Waals surface area contributed by atoms with E-state index in [0.717, 1.165) is 34.1 Å². The lowest BCUT2D eigenvalue weighted by Gasteiger charge is -2.35. The third-order valence-electron chi connectivity index (χ3n) is 6.63. The van der Waals surface area contributed by atoms with Gasteiger partial charge in [0.05, 0.1) is 31.1 Å². The van der Waals surface area contributed by atoms with Crippen molar-refractivity contribution in [2.24, 2.45) is 5.92 Å². The normalized spacial score (nSPS) is 15.1.